The number of aromatic nitrogens is 1. The van der Waals surface area contributed by atoms with Crippen LogP contribution in [0.5, 0.6) is 0 Å². The molecule has 1 N–H and O–H groups in total. The first-order valence-corrected chi connectivity index (χ1v) is 6.87. The predicted octanol–water partition coefficient (Wildman–Crippen LogP) is 2.95. The van der Waals surface area contributed by atoms with Gasteiger partial charge >= 0.3 is 0 Å². The molecule has 0 amide bonds. The lowest BCUT2D eigenvalue weighted by atomic mass is 10.1. The first-order valence-electron chi connectivity index (χ1n) is 6.87. The molecule has 0 bridgehead atoms. The molecule has 1 aromatic heterocycles. The number of fused-ring (bicyclic) bond motifs is 1. The Labute approximate surface area is 113 Å². The molecule has 2 aromatic rings. The Morgan fingerprint density at radius 1 is 1.37 bits per heavy atom. The fourth-order valence-electron chi connectivity index (χ4n) is 2.70. The summed E-state index contributed by atoms with van der Waals surface area (Å²) in [5.74, 6) is 0. The van der Waals surface area contributed by atoms with Crippen molar-refractivity contribution in [3.05, 3.63) is 36.0 Å². The second kappa shape index (κ2) is 4.71. The zero-order valence-corrected chi connectivity index (χ0v) is 11.3. The Morgan fingerprint density at radius 3 is 2.89 bits per heavy atom. The first-order chi connectivity index (χ1) is 9.22. The zero-order chi connectivity index (χ0) is 13.3. The monoisotopic (exact) mass is 253 g/mol. The summed E-state index contributed by atoms with van der Waals surface area (Å²) in [5.41, 5.74) is 2.54. The standard InChI is InChI=1S/C16H19N3/c1-19(12-16(11-17)7-8-16)9-6-13-10-18-15-5-3-2-4-14(13)15/h2-5,10,18H,6-9,12H2,1H3. The third-order valence-electron chi connectivity index (χ3n) is 4.10. The topological polar surface area (TPSA) is 42.8 Å². The maximum absolute atomic E-state index is 9.12. The molecule has 0 radical (unpaired) electrons. The minimum atomic E-state index is -0.0328. The van der Waals surface area contributed by atoms with Crippen molar-refractivity contribution in [1.82, 2.24) is 9.88 Å². The number of nitrogens with one attached hydrogen (secondary N) is 1. The number of likely N-dealkylation sites (N-methyl/N-ethyl adjacent to an activating group) is 1. The van der Waals surface area contributed by atoms with Crippen molar-refractivity contribution in [2.45, 2.75) is 19.3 Å². The Balaban J connectivity index is 1.62. The van der Waals surface area contributed by atoms with Crippen LogP contribution in [0.1, 0.15) is 18.4 Å². The van der Waals surface area contributed by atoms with Crippen LogP contribution in [0.25, 0.3) is 10.9 Å². The number of benzene rings is 1. The number of hydrogen-bond acceptors (Lipinski definition) is 2. The van der Waals surface area contributed by atoms with Gasteiger partial charge in [0.15, 0.2) is 0 Å². The van der Waals surface area contributed by atoms with Gasteiger partial charge in [0.25, 0.3) is 0 Å². The van der Waals surface area contributed by atoms with Crippen LogP contribution < -0.4 is 0 Å². The van der Waals surface area contributed by atoms with Gasteiger partial charge in [0.05, 0.1) is 11.5 Å². The van der Waals surface area contributed by atoms with E-state index in [4.69, 9.17) is 5.26 Å². The lowest BCUT2D eigenvalue weighted by Gasteiger charge is -2.18. The van der Waals surface area contributed by atoms with Gasteiger partial charge in [0.2, 0.25) is 0 Å². The van der Waals surface area contributed by atoms with E-state index in [2.05, 4.69) is 53.5 Å². The molecule has 1 heterocycles. The summed E-state index contributed by atoms with van der Waals surface area (Å²) in [5, 5.41) is 10.4. The minimum absolute atomic E-state index is 0.0328. The molecular weight excluding hydrogens is 234 g/mol. The highest BCUT2D eigenvalue weighted by atomic mass is 15.1. The lowest BCUT2D eigenvalue weighted by Crippen LogP contribution is -2.28. The van der Waals surface area contributed by atoms with Gasteiger partial charge < -0.3 is 9.88 Å². The van der Waals surface area contributed by atoms with Crippen LogP contribution in [-0.2, 0) is 6.42 Å². The van der Waals surface area contributed by atoms with Crippen LogP contribution in [0.3, 0.4) is 0 Å². The van der Waals surface area contributed by atoms with E-state index in [0.717, 1.165) is 32.4 Å². The molecule has 1 aliphatic carbocycles. The number of hydrogen-bond donors (Lipinski definition) is 1. The van der Waals surface area contributed by atoms with Crippen molar-refractivity contribution in [2.24, 2.45) is 5.41 Å². The Morgan fingerprint density at radius 2 is 2.16 bits per heavy atom. The van der Waals surface area contributed by atoms with Crippen LogP contribution >= 0.6 is 0 Å². The Kier molecular flexibility index (Phi) is 3.04. The number of nitrogens with zero attached hydrogens (tertiary/aromatic N) is 2. The van der Waals surface area contributed by atoms with Gasteiger partial charge in [-0.3, -0.25) is 0 Å². The van der Waals surface area contributed by atoms with Gasteiger partial charge in [-0.1, -0.05) is 18.2 Å². The highest BCUT2D eigenvalue weighted by Crippen LogP contribution is 2.45. The highest BCUT2D eigenvalue weighted by Gasteiger charge is 2.43. The lowest BCUT2D eigenvalue weighted by molar-refractivity contribution is 0.297. The highest BCUT2D eigenvalue weighted by molar-refractivity contribution is 5.83. The van der Waals surface area contributed by atoms with Gasteiger partial charge in [0, 0.05) is 30.2 Å². The van der Waals surface area contributed by atoms with Crippen LogP contribution in [0.4, 0.5) is 0 Å². The summed E-state index contributed by atoms with van der Waals surface area (Å²) in [4.78, 5) is 5.60. The second-order valence-corrected chi connectivity index (χ2v) is 5.74. The summed E-state index contributed by atoms with van der Waals surface area (Å²) in [6.45, 7) is 1.91. The van der Waals surface area contributed by atoms with E-state index < -0.39 is 0 Å². The molecule has 3 heteroatoms. The molecule has 1 fully saturated rings. The number of nitriles is 1. The largest absolute Gasteiger partial charge is 0.361 e. The van der Waals surface area contributed by atoms with Gasteiger partial charge in [0.1, 0.15) is 0 Å². The fourth-order valence-corrected chi connectivity index (χ4v) is 2.70. The van der Waals surface area contributed by atoms with E-state index in [0.29, 0.717) is 0 Å². The molecule has 0 unspecified atom stereocenters. The molecule has 3 rings (SSSR count). The minimum Gasteiger partial charge on any atom is -0.361 e. The molecule has 98 valence electrons. The van der Waals surface area contributed by atoms with E-state index in [1.165, 1.54) is 16.5 Å². The average Bonchev–Trinajstić information content (AvgIpc) is 3.08. The number of aromatic amines is 1. The normalized spacial score (nSPS) is 16.7. The Bertz CT molecular complexity index is 616. The maximum atomic E-state index is 9.12. The van der Waals surface area contributed by atoms with Crippen LogP contribution in [-0.4, -0.2) is 30.0 Å². The number of H-pyrrole nitrogens is 1. The molecule has 0 aliphatic heterocycles. The van der Waals surface area contributed by atoms with Crippen molar-refractivity contribution < 1.29 is 0 Å². The molecule has 3 nitrogen and oxygen atoms in total. The SMILES string of the molecule is CN(CCc1c[nH]c2ccccc12)CC1(C#N)CC1. The van der Waals surface area contributed by atoms with Crippen LogP contribution in [0.15, 0.2) is 30.5 Å². The van der Waals surface area contributed by atoms with E-state index in [1.807, 2.05) is 0 Å². The van der Waals surface area contributed by atoms with Gasteiger partial charge in [-0.05, 0) is 37.9 Å². The van der Waals surface area contributed by atoms with E-state index >= 15 is 0 Å². The van der Waals surface area contributed by atoms with Crippen molar-refractivity contribution >= 4 is 10.9 Å². The molecule has 1 saturated carbocycles. The first kappa shape index (κ1) is 12.3. The molecule has 0 saturated heterocycles. The van der Waals surface area contributed by atoms with Crippen molar-refractivity contribution in [3.8, 4) is 6.07 Å². The Hall–Kier alpha value is -1.79. The zero-order valence-electron chi connectivity index (χ0n) is 11.3. The summed E-state index contributed by atoms with van der Waals surface area (Å²) >= 11 is 0. The predicted molar refractivity (Wildman–Crippen MR) is 76.8 cm³/mol. The number of para-hydroxylation sites is 1. The number of rotatable bonds is 5. The van der Waals surface area contributed by atoms with Crippen molar-refractivity contribution in [3.63, 3.8) is 0 Å². The molecule has 1 aliphatic rings. The van der Waals surface area contributed by atoms with E-state index in [1.54, 1.807) is 0 Å². The molecule has 1 aromatic carbocycles. The summed E-state index contributed by atoms with van der Waals surface area (Å²) in [6.07, 6.45) is 5.28. The third kappa shape index (κ3) is 2.50. The van der Waals surface area contributed by atoms with E-state index in [9.17, 15) is 0 Å². The second-order valence-electron chi connectivity index (χ2n) is 5.74. The molecule has 19 heavy (non-hydrogen) atoms. The quantitative estimate of drug-likeness (QED) is 0.890. The van der Waals surface area contributed by atoms with Crippen molar-refractivity contribution in [2.75, 3.05) is 20.1 Å². The van der Waals surface area contributed by atoms with Gasteiger partial charge in [-0.25, -0.2) is 0 Å². The van der Waals surface area contributed by atoms with Gasteiger partial charge in [-0.15, -0.1) is 0 Å². The van der Waals surface area contributed by atoms with E-state index in [-0.39, 0.29) is 5.41 Å². The smallest absolute Gasteiger partial charge is 0.0703 e. The summed E-state index contributed by atoms with van der Waals surface area (Å²) in [7, 11) is 2.12. The summed E-state index contributed by atoms with van der Waals surface area (Å²) < 4.78 is 0. The average molecular weight is 253 g/mol. The summed E-state index contributed by atoms with van der Waals surface area (Å²) in [6, 6.07) is 10.9. The molecular formula is C16H19N3. The van der Waals surface area contributed by atoms with Crippen LogP contribution in [0, 0.1) is 16.7 Å². The van der Waals surface area contributed by atoms with Crippen molar-refractivity contribution in [1.29, 1.82) is 5.26 Å². The fraction of sp³-hybridized carbons (Fsp3) is 0.438. The maximum Gasteiger partial charge on any atom is 0.0703 e. The molecule has 0 atom stereocenters. The molecule has 0 spiro atoms. The van der Waals surface area contributed by atoms with Crippen LogP contribution in [0.2, 0.25) is 0 Å². The van der Waals surface area contributed by atoms with Gasteiger partial charge in [-0.2, -0.15) is 5.26 Å². The third-order valence-corrected chi connectivity index (χ3v) is 4.10.